The van der Waals surface area contributed by atoms with Crippen molar-refractivity contribution in [1.82, 2.24) is 10.9 Å². The van der Waals surface area contributed by atoms with Crippen LogP contribution in [-0.4, -0.2) is 24.2 Å². The Kier molecular flexibility index (Phi) is 6.09. The number of hydrogen-bond acceptors (Lipinski definition) is 4. The number of carbonyl (C=O) groups is 2. The van der Waals surface area contributed by atoms with Gasteiger partial charge in [-0.05, 0) is 66.3 Å². The van der Waals surface area contributed by atoms with Crippen molar-refractivity contribution in [3.8, 4) is 0 Å². The highest BCUT2D eigenvalue weighted by atomic mass is 16.2. The van der Waals surface area contributed by atoms with E-state index in [9.17, 15) is 9.59 Å². The van der Waals surface area contributed by atoms with E-state index in [2.05, 4.69) is 54.1 Å². The Hall–Kier alpha value is -3.15. The molecule has 1 aliphatic rings. The second-order valence-electron chi connectivity index (χ2n) is 6.90. The molecule has 6 nitrogen and oxygen atoms in total. The predicted octanol–water partition coefficient (Wildman–Crippen LogP) is 2.68. The second-order valence-corrected chi connectivity index (χ2v) is 6.90. The van der Waals surface area contributed by atoms with Gasteiger partial charge in [-0.2, -0.15) is 0 Å². The summed E-state index contributed by atoms with van der Waals surface area (Å²) in [5, 5.41) is 2.97. The van der Waals surface area contributed by atoms with Crippen molar-refractivity contribution < 1.29 is 9.59 Å². The summed E-state index contributed by atoms with van der Waals surface area (Å²) in [6, 6.07) is 11.8. The minimum absolute atomic E-state index is 0.0322. The number of aliphatic imine (C=N–C) groups is 1. The summed E-state index contributed by atoms with van der Waals surface area (Å²) in [6.07, 6.45) is 2.27. The predicted molar refractivity (Wildman–Crippen MR) is 111 cm³/mol. The van der Waals surface area contributed by atoms with Gasteiger partial charge >= 0.3 is 0 Å². The quantitative estimate of drug-likeness (QED) is 0.723. The number of hydrogen-bond donors (Lipinski definition) is 3. The first-order valence-corrected chi connectivity index (χ1v) is 9.61. The number of hydrazine groups is 1. The van der Waals surface area contributed by atoms with Crippen molar-refractivity contribution in [2.45, 2.75) is 40.0 Å². The van der Waals surface area contributed by atoms with Crippen molar-refractivity contribution in [3.05, 3.63) is 64.2 Å². The first-order chi connectivity index (χ1) is 13.5. The van der Waals surface area contributed by atoms with E-state index in [-0.39, 0.29) is 18.4 Å². The molecule has 2 aromatic carbocycles. The molecule has 0 atom stereocenters. The molecule has 0 unspecified atom stereocenters. The van der Waals surface area contributed by atoms with Crippen LogP contribution in [-0.2, 0) is 28.9 Å². The Morgan fingerprint density at radius 3 is 2.46 bits per heavy atom. The molecule has 1 aliphatic heterocycles. The van der Waals surface area contributed by atoms with Crippen LogP contribution in [0.15, 0.2) is 41.4 Å². The molecule has 0 aromatic heterocycles. The Bertz CT molecular complexity index is 917. The number of amidine groups is 1. The Balaban J connectivity index is 1.68. The molecule has 0 aliphatic carbocycles. The van der Waals surface area contributed by atoms with Crippen LogP contribution in [0.1, 0.15) is 41.7 Å². The molecule has 0 saturated heterocycles. The zero-order valence-electron chi connectivity index (χ0n) is 16.6. The van der Waals surface area contributed by atoms with E-state index in [1.807, 2.05) is 24.3 Å². The number of benzene rings is 2. The molecule has 1 heterocycles. The van der Waals surface area contributed by atoms with Gasteiger partial charge in [-0.25, -0.2) is 0 Å². The molecular formula is C22H26N4O2. The number of amides is 2. The SMILES string of the molecule is CCc1cc(C)c(CC(=O)Nc2ccc(C3=NCC(=O)NN3)cc2)c(CC)c1. The number of carbonyl (C=O) groups excluding carboxylic acids is 2. The lowest BCUT2D eigenvalue weighted by atomic mass is 9.93. The summed E-state index contributed by atoms with van der Waals surface area (Å²) in [6.45, 7) is 6.45. The van der Waals surface area contributed by atoms with Gasteiger partial charge in [0.1, 0.15) is 12.4 Å². The molecule has 3 rings (SSSR count). The monoisotopic (exact) mass is 378 g/mol. The van der Waals surface area contributed by atoms with Gasteiger partial charge in [-0.1, -0.05) is 26.0 Å². The van der Waals surface area contributed by atoms with Gasteiger partial charge in [0.15, 0.2) is 0 Å². The summed E-state index contributed by atoms with van der Waals surface area (Å²) in [5.41, 5.74) is 11.7. The van der Waals surface area contributed by atoms with Crippen LogP contribution in [0.3, 0.4) is 0 Å². The maximum atomic E-state index is 12.6. The maximum Gasteiger partial charge on any atom is 0.260 e. The van der Waals surface area contributed by atoms with Gasteiger partial charge in [-0.15, -0.1) is 0 Å². The molecule has 0 spiro atoms. The third-order valence-corrected chi connectivity index (χ3v) is 4.89. The van der Waals surface area contributed by atoms with Crippen LogP contribution < -0.4 is 16.2 Å². The number of nitrogens with one attached hydrogen (secondary N) is 3. The van der Waals surface area contributed by atoms with Crippen molar-refractivity contribution in [2.75, 3.05) is 11.9 Å². The lowest BCUT2D eigenvalue weighted by Gasteiger charge is -2.16. The van der Waals surface area contributed by atoms with Crippen molar-refractivity contribution in [3.63, 3.8) is 0 Å². The third kappa shape index (κ3) is 4.57. The van der Waals surface area contributed by atoms with Crippen molar-refractivity contribution >= 4 is 23.3 Å². The largest absolute Gasteiger partial charge is 0.326 e. The van der Waals surface area contributed by atoms with Crippen LogP contribution in [0.5, 0.6) is 0 Å². The first-order valence-electron chi connectivity index (χ1n) is 9.61. The van der Waals surface area contributed by atoms with Gasteiger partial charge in [0.2, 0.25) is 5.91 Å². The average Bonchev–Trinajstić information content (AvgIpc) is 2.70. The lowest BCUT2D eigenvalue weighted by Crippen LogP contribution is -2.47. The highest BCUT2D eigenvalue weighted by Crippen LogP contribution is 2.20. The van der Waals surface area contributed by atoms with E-state index in [0.29, 0.717) is 12.3 Å². The van der Waals surface area contributed by atoms with E-state index < -0.39 is 0 Å². The molecule has 0 saturated carbocycles. The molecule has 6 heteroatoms. The number of aryl methyl sites for hydroxylation is 3. The normalized spacial score (nSPS) is 13.4. The average molecular weight is 378 g/mol. The van der Waals surface area contributed by atoms with Gasteiger partial charge in [-0.3, -0.25) is 25.4 Å². The van der Waals surface area contributed by atoms with E-state index in [1.165, 1.54) is 16.7 Å². The molecule has 0 radical (unpaired) electrons. The van der Waals surface area contributed by atoms with E-state index >= 15 is 0 Å². The van der Waals surface area contributed by atoms with Crippen LogP contribution in [0.25, 0.3) is 0 Å². The summed E-state index contributed by atoms with van der Waals surface area (Å²) in [4.78, 5) is 27.9. The minimum Gasteiger partial charge on any atom is -0.326 e. The fourth-order valence-electron chi connectivity index (χ4n) is 3.34. The molecule has 0 fully saturated rings. The summed E-state index contributed by atoms with van der Waals surface area (Å²) in [7, 11) is 0. The Morgan fingerprint density at radius 2 is 1.86 bits per heavy atom. The second kappa shape index (κ2) is 8.69. The molecule has 146 valence electrons. The van der Waals surface area contributed by atoms with Crippen molar-refractivity contribution in [1.29, 1.82) is 0 Å². The fraction of sp³-hybridized carbons (Fsp3) is 0.318. The zero-order valence-corrected chi connectivity index (χ0v) is 16.6. The fourth-order valence-corrected chi connectivity index (χ4v) is 3.34. The molecule has 28 heavy (non-hydrogen) atoms. The summed E-state index contributed by atoms with van der Waals surface area (Å²) in [5.74, 6) is 0.410. The van der Waals surface area contributed by atoms with Crippen LogP contribution in [0.2, 0.25) is 0 Å². The summed E-state index contributed by atoms with van der Waals surface area (Å²) >= 11 is 0. The number of anilines is 1. The zero-order chi connectivity index (χ0) is 20.1. The highest BCUT2D eigenvalue weighted by Gasteiger charge is 2.13. The van der Waals surface area contributed by atoms with E-state index in [4.69, 9.17) is 0 Å². The van der Waals surface area contributed by atoms with E-state index in [1.54, 1.807) is 0 Å². The number of nitrogens with zero attached hydrogens (tertiary/aromatic N) is 1. The van der Waals surface area contributed by atoms with Gasteiger partial charge in [0.05, 0.1) is 6.42 Å². The van der Waals surface area contributed by atoms with Gasteiger partial charge < -0.3 is 5.32 Å². The Morgan fingerprint density at radius 1 is 1.11 bits per heavy atom. The summed E-state index contributed by atoms with van der Waals surface area (Å²) < 4.78 is 0. The van der Waals surface area contributed by atoms with Gasteiger partial charge in [0, 0.05) is 11.3 Å². The molecule has 2 aromatic rings. The van der Waals surface area contributed by atoms with E-state index in [0.717, 1.165) is 29.7 Å². The molecule has 3 N–H and O–H groups in total. The smallest absolute Gasteiger partial charge is 0.260 e. The molecule has 0 bridgehead atoms. The molecular weight excluding hydrogens is 352 g/mol. The van der Waals surface area contributed by atoms with Crippen LogP contribution in [0, 0.1) is 6.92 Å². The minimum atomic E-state index is -0.165. The van der Waals surface area contributed by atoms with Crippen LogP contribution >= 0.6 is 0 Å². The topological polar surface area (TPSA) is 82.6 Å². The molecule has 2 amide bonds. The third-order valence-electron chi connectivity index (χ3n) is 4.89. The van der Waals surface area contributed by atoms with Crippen molar-refractivity contribution in [2.24, 2.45) is 4.99 Å². The lowest BCUT2D eigenvalue weighted by molar-refractivity contribution is -0.120. The highest BCUT2D eigenvalue weighted by molar-refractivity contribution is 6.03. The van der Waals surface area contributed by atoms with Crippen LogP contribution in [0.4, 0.5) is 5.69 Å². The number of rotatable bonds is 6. The first kappa shape index (κ1) is 19.6. The standard InChI is InChI=1S/C22H26N4O2/c1-4-15-10-14(3)19(16(5-2)11-15)12-20(27)24-18-8-6-17(7-9-18)22-23-13-21(28)25-26-22/h6-11H,4-5,12-13H2,1-3H3,(H,23,26)(H,24,27)(H,25,28). The maximum absolute atomic E-state index is 12.6. The Labute approximate surface area is 165 Å². The van der Waals surface area contributed by atoms with Gasteiger partial charge in [0.25, 0.3) is 5.91 Å².